The second kappa shape index (κ2) is 7.16. The summed E-state index contributed by atoms with van der Waals surface area (Å²) in [7, 11) is 0. The summed E-state index contributed by atoms with van der Waals surface area (Å²) in [4.78, 5) is 19.2. The molecule has 0 spiro atoms. The summed E-state index contributed by atoms with van der Waals surface area (Å²) < 4.78 is 0. The zero-order chi connectivity index (χ0) is 14.2. The van der Waals surface area contributed by atoms with Gasteiger partial charge in [0, 0.05) is 12.4 Å². The van der Waals surface area contributed by atoms with Gasteiger partial charge in [-0.15, -0.1) is 0 Å². The number of halogens is 1. The van der Waals surface area contributed by atoms with Crippen molar-refractivity contribution in [2.45, 2.75) is 0 Å². The number of hydrogen-bond acceptors (Lipinski definition) is 4. The highest BCUT2D eigenvalue weighted by atomic mass is 35.5. The minimum Gasteiger partial charge on any atom is -0.265 e. The third-order valence-electron chi connectivity index (χ3n) is 2.25. The maximum absolute atomic E-state index is 11.6. The molecule has 0 fully saturated rings. The van der Waals surface area contributed by atoms with Gasteiger partial charge in [0.1, 0.15) is 5.69 Å². The van der Waals surface area contributed by atoms with Crippen LogP contribution in [-0.4, -0.2) is 22.1 Å². The molecule has 0 aliphatic rings. The van der Waals surface area contributed by atoms with Crippen molar-refractivity contribution in [3.05, 3.63) is 65.2 Å². The molecule has 0 unspecified atom stereocenters. The van der Waals surface area contributed by atoms with Crippen molar-refractivity contribution in [3.63, 3.8) is 0 Å². The predicted octanol–water partition coefficient (Wildman–Crippen LogP) is 2.47. The third-order valence-corrected chi connectivity index (χ3v) is 2.46. The van der Waals surface area contributed by atoms with Crippen LogP contribution in [0.2, 0.25) is 0 Å². The van der Waals surface area contributed by atoms with E-state index in [1.807, 2.05) is 30.3 Å². The lowest BCUT2D eigenvalue weighted by Crippen LogP contribution is -2.18. The Morgan fingerprint density at radius 2 is 2.05 bits per heavy atom. The van der Waals surface area contributed by atoms with Crippen molar-refractivity contribution in [1.82, 2.24) is 15.4 Å². The Kier molecular flexibility index (Phi) is 4.97. The molecule has 0 saturated heterocycles. The van der Waals surface area contributed by atoms with Crippen LogP contribution in [0.4, 0.5) is 0 Å². The molecule has 1 N–H and O–H groups in total. The lowest BCUT2D eigenvalue weighted by Gasteiger charge is -1.97. The lowest BCUT2D eigenvalue weighted by atomic mass is 10.2. The van der Waals surface area contributed by atoms with Crippen LogP contribution in [0.3, 0.4) is 0 Å². The quantitative estimate of drug-likeness (QED) is 0.693. The number of nitrogens with one attached hydrogen (secondary N) is 1. The van der Waals surface area contributed by atoms with Crippen LogP contribution in [0.1, 0.15) is 16.1 Å². The number of carbonyl (C=O) groups excluding carboxylic acids is 1. The number of allylic oxidation sites excluding steroid dienone is 1. The van der Waals surface area contributed by atoms with Crippen molar-refractivity contribution in [2.75, 3.05) is 0 Å². The topological polar surface area (TPSA) is 67.2 Å². The van der Waals surface area contributed by atoms with Gasteiger partial charge in [-0.25, -0.2) is 10.4 Å². The molecule has 2 rings (SSSR count). The first-order valence-corrected chi connectivity index (χ1v) is 6.15. The maximum atomic E-state index is 11.6. The van der Waals surface area contributed by atoms with E-state index in [0.717, 1.165) is 5.56 Å². The standard InChI is InChI=1S/C14H11ClN4O/c15-12(8-11-4-2-1-3-5-11)9-18-19-14(20)13-10-16-6-7-17-13/h1-10H,(H,19,20)/b12-8+,18-9+. The first-order chi connectivity index (χ1) is 9.75. The largest absolute Gasteiger partial charge is 0.291 e. The summed E-state index contributed by atoms with van der Waals surface area (Å²) in [6.45, 7) is 0. The molecule has 0 atom stereocenters. The second-order valence-corrected chi connectivity index (χ2v) is 4.17. The van der Waals surface area contributed by atoms with E-state index in [1.165, 1.54) is 24.8 Å². The van der Waals surface area contributed by atoms with Crippen LogP contribution < -0.4 is 5.43 Å². The van der Waals surface area contributed by atoms with Crippen molar-refractivity contribution in [3.8, 4) is 0 Å². The summed E-state index contributed by atoms with van der Waals surface area (Å²) in [6.07, 6.45) is 7.36. The minimum absolute atomic E-state index is 0.188. The van der Waals surface area contributed by atoms with E-state index in [2.05, 4.69) is 20.5 Å². The number of benzene rings is 1. The van der Waals surface area contributed by atoms with Gasteiger partial charge in [0.2, 0.25) is 0 Å². The Morgan fingerprint density at radius 1 is 1.25 bits per heavy atom. The molecular weight excluding hydrogens is 276 g/mol. The number of carbonyl (C=O) groups is 1. The molecule has 1 aromatic heterocycles. The Morgan fingerprint density at radius 3 is 2.75 bits per heavy atom. The van der Waals surface area contributed by atoms with Crippen molar-refractivity contribution in [2.24, 2.45) is 5.10 Å². The zero-order valence-corrected chi connectivity index (χ0v) is 11.2. The second-order valence-electron chi connectivity index (χ2n) is 3.73. The van der Waals surface area contributed by atoms with Crippen LogP contribution in [-0.2, 0) is 0 Å². The molecule has 20 heavy (non-hydrogen) atoms. The van der Waals surface area contributed by atoms with E-state index in [9.17, 15) is 4.79 Å². The summed E-state index contributed by atoms with van der Waals surface area (Å²) in [5.41, 5.74) is 3.45. The minimum atomic E-state index is -0.446. The first kappa shape index (κ1) is 13.9. The molecule has 100 valence electrons. The highest BCUT2D eigenvalue weighted by Crippen LogP contribution is 2.07. The molecular formula is C14H11ClN4O. The molecule has 1 amide bonds. The molecule has 0 bridgehead atoms. The smallest absolute Gasteiger partial charge is 0.265 e. The molecule has 6 heteroatoms. The molecule has 1 heterocycles. The van der Waals surface area contributed by atoms with Gasteiger partial charge in [-0.1, -0.05) is 41.9 Å². The highest BCUT2D eigenvalue weighted by molar-refractivity contribution is 6.41. The van der Waals surface area contributed by atoms with Crippen molar-refractivity contribution in [1.29, 1.82) is 0 Å². The number of amides is 1. The Balaban J connectivity index is 1.94. The molecule has 0 saturated carbocycles. The van der Waals surface area contributed by atoms with Crippen LogP contribution in [0, 0.1) is 0 Å². The summed E-state index contributed by atoms with van der Waals surface area (Å²) >= 11 is 5.98. The fourth-order valence-corrected chi connectivity index (χ4v) is 1.55. The van der Waals surface area contributed by atoms with Gasteiger partial charge in [-0.3, -0.25) is 9.78 Å². The van der Waals surface area contributed by atoms with E-state index < -0.39 is 5.91 Å². The van der Waals surface area contributed by atoms with E-state index in [0.29, 0.717) is 5.03 Å². The van der Waals surface area contributed by atoms with Gasteiger partial charge in [0.15, 0.2) is 0 Å². The number of nitrogens with zero attached hydrogens (tertiary/aromatic N) is 3. The molecule has 0 aliphatic carbocycles. The number of rotatable bonds is 4. The van der Waals surface area contributed by atoms with E-state index in [1.54, 1.807) is 6.08 Å². The van der Waals surface area contributed by atoms with Gasteiger partial charge in [-0.2, -0.15) is 5.10 Å². The molecule has 1 aromatic carbocycles. The van der Waals surface area contributed by atoms with E-state index in [4.69, 9.17) is 11.6 Å². The molecule has 0 aliphatic heterocycles. The van der Waals surface area contributed by atoms with Crippen LogP contribution in [0.25, 0.3) is 6.08 Å². The fourth-order valence-electron chi connectivity index (χ4n) is 1.37. The van der Waals surface area contributed by atoms with Crippen LogP contribution >= 0.6 is 11.6 Å². The average Bonchev–Trinajstić information content (AvgIpc) is 2.49. The monoisotopic (exact) mass is 286 g/mol. The zero-order valence-electron chi connectivity index (χ0n) is 10.4. The van der Waals surface area contributed by atoms with Gasteiger partial charge < -0.3 is 0 Å². The lowest BCUT2D eigenvalue weighted by molar-refractivity contribution is 0.0950. The van der Waals surface area contributed by atoms with E-state index in [-0.39, 0.29) is 5.69 Å². The fraction of sp³-hybridized carbons (Fsp3) is 0. The molecule has 5 nitrogen and oxygen atoms in total. The highest BCUT2D eigenvalue weighted by Gasteiger charge is 2.04. The Labute approximate surface area is 121 Å². The molecule has 2 aromatic rings. The Hall–Kier alpha value is -2.53. The molecule has 0 radical (unpaired) electrons. The van der Waals surface area contributed by atoms with Gasteiger partial charge in [0.05, 0.1) is 17.4 Å². The normalized spacial score (nSPS) is 11.6. The third kappa shape index (κ3) is 4.29. The van der Waals surface area contributed by atoms with Crippen LogP contribution in [0.5, 0.6) is 0 Å². The average molecular weight is 287 g/mol. The SMILES string of the molecule is O=C(N/N=C/C(Cl)=C\c1ccccc1)c1cnccn1. The van der Waals surface area contributed by atoms with Crippen molar-refractivity contribution < 1.29 is 4.79 Å². The number of hydrogen-bond donors (Lipinski definition) is 1. The van der Waals surface area contributed by atoms with Crippen LogP contribution in [0.15, 0.2) is 59.1 Å². The predicted molar refractivity (Wildman–Crippen MR) is 78.3 cm³/mol. The van der Waals surface area contributed by atoms with Crippen molar-refractivity contribution >= 4 is 29.8 Å². The van der Waals surface area contributed by atoms with Gasteiger partial charge in [-0.05, 0) is 11.6 Å². The number of aromatic nitrogens is 2. The van der Waals surface area contributed by atoms with Gasteiger partial charge in [0.25, 0.3) is 5.91 Å². The summed E-state index contributed by atoms with van der Waals surface area (Å²) in [5, 5.41) is 4.15. The Bertz CT molecular complexity index is 626. The summed E-state index contributed by atoms with van der Waals surface area (Å²) in [5.74, 6) is -0.446. The number of hydrazone groups is 1. The first-order valence-electron chi connectivity index (χ1n) is 5.77. The maximum Gasteiger partial charge on any atom is 0.291 e. The van der Waals surface area contributed by atoms with E-state index >= 15 is 0 Å². The van der Waals surface area contributed by atoms with Gasteiger partial charge >= 0.3 is 0 Å². The summed E-state index contributed by atoms with van der Waals surface area (Å²) in [6, 6.07) is 9.55.